The van der Waals surface area contributed by atoms with Crippen molar-refractivity contribution in [1.82, 2.24) is 4.98 Å². The average Bonchev–Trinajstić information content (AvgIpc) is 2.75. The van der Waals surface area contributed by atoms with Gasteiger partial charge in [-0.15, -0.1) is 0 Å². The van der Waals surface area contributed by atoms with Crippen LogP contribution in [0.15, 0.2) is 12.1 Å². The van der Waals surface area contributed by atoms with E-state index in [0.29, 0.717) is 6.07 Å². The number of aromatic nitrogens is 1. The minimum atomic E-state index is -1.34. The van der Waals surface area contributed by atoms with E-state index in [9.17, 15) is 18.0 Å². The zero-order valence-corrected chi connectivity index (χ0v) is 11.4. The molecule has 0 aliphatic rings. The van der Waals surface area contributed by atoms with Gasteiger partial charge in [-0.2, -0.15) is 0 Å². The summed E-state index contributed by atoms with van der Waals surface area (Å²) >= 11 is 6.47. The van der Waals surface area contributed by atoms with Gasteiger partial charge in [-0.25, -0.2) is 22.9 Å². The van der Waals surface area contributed by atoms with Crippen molar-refractivity contribution in [3.05, 3.63) is 39.6 Å². The van der Waals surface area contributed by atoms with E-state index >= 15 is 0 Å². The molecule has 0 fully saturated rings. The molecular weight excluding hydrogens is 317 g/mol. The number of nitrogens with one attached hydrogen (secondary N) is 1. The Morgan fingerprint density at radius 3 is 2.75 bits per heavy atom. The lowest BCUT2D eigenvalue weighted by Crippen LogP contribution is -1.98. The smallest absolute Gasteiger partial charge is 0.351 e. The van der Waals surface area contributed by atoms with Crippen molar-refractivity contribution < 1.29 is 22.7 Å². The van der Waals surface area contributed by atoms with Gasteiger partial charge in [-0.3, -0.25) is 0 Å². The molecule has 0 aliphatic heterocycles. The molecule has 0 saturated carbocycles. The summed E-state index contributed by atoms with van der Waals surface area (Å²) in [6, 6.07) is 1.17. The molecule has 0 unspecified atom stereocenters. The lowest BCUT2D eigenvalue weighted by atomic mass is 10.3. The maximum Gasteiger partial charge on any atom is 0.351 e. The fourth-order valence-corrected chi connectivity index (χ4v) is 2.45. The van der Waals surface area contributed by atoms with Gasteiger partial charge in [0.05, 0.1) is 12.8 Å². The number of carbonyl (C=O) groups is 1. The predicted molar refractivity (Wildman–Crippen MR) is 68.1 cm³/mol. The van der Waals surface area contributed by atoms with E-state index in [4.69, 9.17) is 11.6 Å². The second kappa shape index (κ2) is 5.68. The summed E-state index contributed by atoms with van der Waals surface area (Å²) in [4.78, 5) is 15.0. The summed E-state index contributed by atoms with van der Waals surface area (Å²) in [6.07, 6.45) is 0. The van der Waals surface area contributed by atoms with Crippen LogP contribution in [0.4, 0.5) is 24.0 Å². The summed E-state index contributed by atoms with van der Waals surface area (Å²) in [7, 11) is 1.16. The minimum Gasteiger partial charge on any atom is -0.465 e. The molecule has 0 radical (unpaired) electrons. The molecule has 106 valence electrons. The maximum absolute atomic E-state index is 13.4. The molecule has 0 amide bonds. The Labute approximate surface area is 120 Å². The highest BCUT2D eigenvalue weighted by Crippen LogP contribution is 2.31. The lowest BCUT2D eigenvalue weighted by molar-refractivity contribution is 0.0606. The third-order valence-corrected chi connectivity index (χ3v) is 3.53. The molecule has 0 atom stereocenters. The van der Waals surface area contributed by atoms with Gasteiger partial charge in [-0.1, -0.05) is 22.9 Å². The van der Waals surface area contributed by atoms with Gasteiger partial charge >= 0.3 is 5.97 Å². The van der Waals surface area contributed by atoms with Crippen LogP contribution in [0.1, 0.15) is 9.67 Å². The molecule has 0 saturated heterocycles. The normalized spacial score (nSPS) is 10.4. The fraction of sp³-hybridized carbons (Fsp3) is 0.0909. The first-order valence-corrected chi connectivity index (χ1v) is 6.28. The highest BCUT2D eigenvalue weighted by atomic mass is 35.5. The lowest BCUT2D eigenvalue weighted by Gasteiger charge is -2.04. The average molecular weight is 323 g/mol. The van der Waals surface area contributed by atoms with Gasteiger partial charge in [0.15, 0.2) is 26.8 Å². The Balaban J connectivity index is 2.34. The second-order valence-electron chi connectivity index (χ2n) is 3.50. The van der Waals surface area contributed by atoms with Crippen molar-refractivity contribution in [2.24, 2.45) is 0 Å². The molecular formula is C11H6ClF3N2O2S. The van der Waals surface area contributed by atoms with E-state index in [1.807, 2.05) is 0 Å². The van der Waals surface area contributed by atoms with Crippen molar-refractivity contribution in [3.8, 4) is 0 Å². The molecule has 1 aromatic carbocycles. The molecule has 1 aromatic heterocycles. The number of hydrogen-bond acceptors (Lipinski definition) is 5. The molecule has 2 aromatic rings. The highest BCUT2D eigenvalue weighted by molar-refractivity contribution is 7.18. The number of rotatable bonds is 3. The van der Waals surface area contributed by atoms with E-state index in [1.165, 1.54) is 0 Å². The first-order chi connectivity index (χ1) is 9.42. The number of nitrogens with zero attached hydrogens (tertiary/aromatic N) is 1. The van der Waals surface area contributed by atoms with Crippen molar-refractivity contribution in [2.75, 3.05) is 12.4 Å². The van der Waals surface area contributed by atoms with Gasteiger partial charge in [0.25, 0.3) is 0 Å². The van der Waals surface area contributed by atoms with Gasteiger partial charge < -0.3 is 10.1 Å². The van der Waals surface area contributed by atoms with Crippen LogP contribution < -0.4 is 5.32 Å². The zero-order chi connectivity index (χ0) is 14.9. The highest BCUT2D eigenvalue weighted by Gasteiger charge is 2.19. The number of thiazole rings is 1. The maximum atomic E-state index is 13.4. The quantitative estimate of drug-likeness (QED) is 0.691. The Kier molecular flexibility index (Phi) is 4.15. The van der Waals surface area contributed by atoms with Gasteiger partial charge in [-0.05, 0) is 0 Å². The molecule has 9 heteroatoms. The Hall–Kier alpha value is -1.80. The Morgan fingerprint density at radius 2 is 2.10 bits per heavy atom. The van der Waals surface area contributed by atoms with Crippen LogP contribution in [0.2, 0.25) is 5.15 Å². The number of methoxy groups -OCH3 is 1. The number of carbonyl (C=O) groups excluding carboxylic acids is 1. The molecule has 2 rings (SSSR count). The molecule has 4 nitrogen and oxygen atoms in total. The van der Waals surface area contributed by atoms with E-state index in [2.05, 4.69) is 15.0 Å². The Morgan fingerprint density at radius 1 is 1.40 bits per heavy atom. The number of ether oxygens (including phenoxy) is 1. The summed E-state index contributed by atoms with van der Waals surface area (Å²) in [6.45, 7) is 0. The molecule has 0 bridgehead atoms. The van der Waals surface area contributed by atoms with Crippen molar-refractivity contribution >= 4 is 39.7 Å². The largest absolute Gasteiger partial charge is 0.465 e. The van der Waals surface area contributed by atoms with Crippen LogP contribution in [-0.2, 0) is 4.74 Å². The number of anilines is 2. The van der Waals surface area contributed by atoms with E-state index in [1.54, 1.807) is 0 Å². The molecule has 0 spiro atoms. The predicted octanol–water partition coefficient (Wildman–Crippen LogP) is 3.74. The van der Waals surface area contributed by atoms with Gasteiger partial charge in [0.1, 0.15) is 5.82 Å². The topological polar surface area (TPSA) is 51.2 Å². The van der Waals surface area contributed by atoms with Crippen LogP contribution in [0.5, 0.6) is 0 Å². The van der Waals surface area contributed by atoms with Crippen LogP contribution in [0, 0.1) is 17.5 Å². The van der Waals surface area contributed by atoms with Crippen molar-refractivity contribution in [2.45, 2.75) is 0 Å². The number of esters is 1. The van der Waals surface area contributed by atoms with Crippen LogP contribution in [-0.4, -0.2) is 18.1 Å². The molecule has 1 N–H and O–H groups in total. The van der Waals surface area contributed by atoms with E-state index in [-0.39, 0.29) is 15.2 Å². The van der Waals surface area contributed by atoms with Crippen LogP contribution >= 0.6 is 22.9 Å². The summed E-state index contributed by atoms with van der Waals surface area (Å²) < 4.78 is 44.0. The summed E-state index contributed by atoms with van der Waals surface area (Å²) in [5.74, 6) is -4.28. The first kappa shape index (κ1) is 14.6. The number of benzene rings is 1. The molecule has 1 heterocycles. The monoisotopic (exact) mass is 322 g/mol. The van der Waals surface area contributed by atoms with E-state index < -0.39 is 29.1 Å². The van der Waals surface area contributed by atoms with Crippen molar-refractivity contribution in [3.63, 3.8) is 0 Å². The van der Waals surface area contributed by atoms with Gasteiger partial charge in [0, 0.05) is 12.1 Å². The summed E-state index contributed by atoms with van der Waals surface area (Å²) in [5.41, 5.74) is -0.454. The van der Waals surface area contributed by atoms with E-state index in [0.717, 1.165) is 24.5 Å². The number of halogens is 4. The summed E-state index contributed by atoms with van der Waals surface area (Å²) in [5, 5.41) is 2.20. The SMILES string of the molecule is COC(=O)c1sc(Nc2cc(F)cc(F)c2F)nc1Cl. The third kappa shape index (κ3) is 2.86. The number of hydrogen-bond donors (Lipinski definition) is 1. The van der Waals surface area contributed by atoms with Crippen LogP contribution in [0.25, 0.3) is 0 Å². The standard InChI is InChI=1S/C11H6ClF3N2O2S/c1-19-10(18)8-9(12)17-11(20-8)16-6-3-4(13)2-5(14)7(6)15/h2-3H,1H3,(H,16,17). The molecule has 20 heavy (non-hydrogen) atoms. The Bertz CT molecular complexity index is 678. The fourth-order valence-electron chi connectivity index (χ4n) is 1.34. The zero-order valence-electron chi connectivity index (χ0n) is 9.84. The second-order valence-corrected chi connectivity index (χ2v) is 4.86. The van der Waals surface area contributed by atoms with Gasteiger partial charge in [0.2, 0.25) is 0 Å². The first-order valence-electron chi connectivity index (χ1n) is 5.08. The van der Waals surface area contributed by atoms with Crippen molar-refractivity contribution in [1.29, 1.82) is 0 Å². The van der Waals surface area contributed by atoms with Crippen LogP contribution in [0.3, 0.4) is 0 Å². The molecule has 0 aliphatic carbocycles. The minimum absolute atomic E-state index is 0.000648. The third-order valence-electron chi connectivity index (χ3n) is 2.19.